The second-order valence-electron chi connectivity index (χ2n) is 5.69. The zero-order valence-corrected chi connectivity index (χ0v) is 14.3. The van der Waals surface area contributed by atoms with Gasteiger partial charge in [-0.25, -0.2) is 4.98 Å². The van der Waals surface area contributed by atoms with Gasteiger partial charge in [0.15, 0.2) is 0 Å². The second-order valence-corrected chi connectivity index (χ2v) is 6.61. The van der Waals surface area contributed by atoms with Gasteiger partial charge in [-0.3, -0.25) is 0 Å². The molecule has 3 heteroatoms. The monoisotopic (exact) mass is 296 g/mol. The fourth-order valence-electron chi connectivity index (χ4n) is 2.65. The van der Waals surface area contributed by atoms with Crippen LogP contribution in [0.2, 0.25) is 0 Å². The number of nitrogens with one attached hydrogen (secondary N) is 1. The van der Waals surface area contributed by atoms with Crippen LogP contribution in [0.4, 0.5) is 0 Å². The van der Waals surface area contributed by atoms with Crippen LogP contribution in [0.1, 0.15) is 89.6 Å². The van der Waals surface area contributed by atoms with E-state index in [2.05, 4.69) is 36.5 Å². The van der Waals surface area contributed by atoms with Gasteiger partial charge in [-0.15, -0.1) is 11.3 Å². The van der Waals surface area contributed by atoms with E-state index in [9.17, 15) is 0 Å². The molecule has 0 aliphatic rings. The Kier molecular flexibility index (Phi) is 9.94. The van der Waals surface area contributed by atoms with Gasteiger partial charge in [-0.2, -0.15) is 0 Å². The molecule has 20 heavy (non-hydrogen) atoms. The zero-order chi connectivity index (χ0) is 14.6. The fourth-order valence-corrected chi connectivity index (χ4v) is 3.43. The van der Waals surface area contributed by atoms with Crippen LogP contribution in [-0.2, 0) is 0 Å². The van der Waals surface area contributed by atoms with Gasteiger partial charge in [-0.1, -0.05) is 59.3 Å². The second kappa shape index (κ2) is 11.3. The Labute approximate surface area is 129 Å². The van der Waals surface area contributed by atoms with E-state index >= 15 is 0 Å². The van der Waals surface area contributed by atoms with Crippen molar-refractivity contribution in [1.29, 1.82) is 0 Å². The van der Waals surface area contributed by atoms with Crippen molar-refractivity contribution in [2.45, 2.75) is 90.6 Å². The lowest BCUT2D eigenvalue weighted by molar-refractivity contribution is 0.367. The van der Waals surface area contributed by atoms with E-state index < -0.39 is 0 Å². The summed E-state index contributed by atoms with van der Waals surface area (Å²) in [4.78, 5) is 4.49. The van der Waals surface area contributed by atoms with Crippen molar-refractivity contribution in [2.24, 2.45) is 0 Å². The average molecular weight is 297 g/mol. The summed E-state index contributed by atoms with van der Waals surface area (Å²) in [5.74, 6) is 0. The molecule has 0 aliphatic carbocycles. The number of rotatable bonds is 12. The Morgan fingerprint density at radius 3 is 2.15 bits per heavy atom. The van der Waals surface area contributed by atoms with Gasteiger partial charge in [0.25, 0.3) is 0 Å². The largest absolute Gasteiger partial charge is 0.305 e. The van der Waals surface area contributed by atoms with Crippen LogP contribution in [0.5, 0.6) is 0 Å². The lowest BCUT2D eigenvalue weighted by Gasteiger charge is -2.24. The van der Waals surface area contributed by atoms with Crippen LogP contribution < -0.4 is 5.32 Å². The molecule has 0 fully saturated rings. The Bertz CT molecular complexity index is 301. The minimum absolute atomic E-state index is 0.447. The minimum Gasteiger partial charge on any atom is -0.305 e. The third-order valence-corrected chi connectivity index (χ3v) is 4.80. The van der Waals surface area contributed by atoms with Crippen LogP contribution in [0.3, 0.4) is 0 Å². The van der Waals surface area contributed by atoms with Gasteiger partial charge in [0.1, 0.15) is 5.01 Å². The first-order valence-corrected chi connectivity index (χ1v) is 9.35. The Hall–Kier alpha value is -0.410. The predicted octanol–water partition coefficient (Wildman–Crippen LogP) is 5.71. The predicted molar refractivity (Wildman–Crippen MR) is 90.4 cm³/mol. The standard InChI is InChI=1S/C17H32N2S/c1-4-7-9-11-15(12-10-8-5-2)19-16(6-3)17-18-13-14-20-17/h13-16,19H,4-12H2,1-3H3. The van der Waals surface area contributed by atoms with Crippen LogP contribution in [0.15, 0.2) is 11.6 Å². The van der Waals surface area contributed by atoms with Crippen molar-refractivity contribution < 1.29 is 0 Å². The summed E-state index contributed by atoms with van der Waals surface area (Å²) >= 11 is 1.78. The van der Waals surface area contributed by atoms with Crippen LogP contribution in [0.25, 0.3) is 0 Å². The molecule has 0 spiro atoms. The molecule has 1 N–H and O–H groups in total. The van der Waals surface area contributed by atoms with E-state index in [1.807, 2.05) is 6.20 Å². The van der Waals surface area contributed by atoms with E-state index in [4.69, 9.17) is 0 Å². The fraction of sp³-hybridized carbons (Fsp3) is 0.824. The number of hydrogen-bond donors (Lipinski definition) is 1. The van der Waals surface area contributed by atoms with Gasteiger partial charge >= 0.3 is 0 Å². The van der Waals surface area contributed by atoms with Gasteiger partial charge in [0.05, 0.1) is 6.04 Å². The van der Waals surface area contributed by atoms with Crippen molar-refractivity contribution in [1.82, 2.24) is 10.3 Å². The van der Waals surface area contributed by atoms with Crippen molar-refractivity contribution in [3.05, 3.63) is 16.6 Å². The molecular formula is C17H32N2S. The summed E-state index contributed by atoms with van der Waals surface area (Å²) in [6, 6.07) is 1.12. The maximum Gasteiger partial charge on any atom is 0.109 e. The van der Waals surface area contributed by atoms with Crippen LogP contribution in [-0.4, -0.2) is 11.0 Å². The SMILES string of the molecule is CCCCCC(CCCCC)NC(CC)c1nccs1. The van der Waals surface area contributed by atoms with Crippen LogP contribution in [0, 0.1) is 0 Å². The molecule has 1 aromatic heterocycles. The smallest absolute Gasteiger partial charge is 0.109 e. The first-order valence-electron chi connectivity index (χ1n) is 8.47. The Balaban J connectivity index is 2.47. The third kappa shape index (κ3) is 6.85. The molecule has 0 saturated heterocycles. The normalized spacial score (nSPS) is 13.0. The topological polar surface area (TPSA) is 24.9 Å². The first-order chi connectivity index (χ1) is 9.81. The highest BCUT2D eigenvalue weighted by Gasteiger charge is 2.17. The first kappa shape index (κ1) is 17.6. The van der Waals surface area contributed by atoms with Gasteiger partial charge < -0.3 is 5.32 Å². The summed E-state index contributed by atoms with van der Waals surface area (Å²) in [7, 11) is 0. The molecule has 0 aliphatic heterocycles. The van der Waals surface area contributed by atoms with E-state index in [0.29, 0.717) is 12.1 Å². The van der Waals surface area contributed by atoms with Crippen molar-refractivity contribution >= 4 is 11.3 Å². The van der Waals surface area contributed by atoms with E-state index in [-0.39, 0.29) is 0 Å². The molecule has 1 atom stereocenters. The molecule has 1 unspecified atom stereocenters. The number of unbranched alkanes of at least 4 members (excludes halogenated alkanes) is 4. The number of aromatic nitrogens is 1. The molecule has 0 bridgehead atoms. The van der Waals surface area contributed by atoms with Crippen LogP contribution >= 0.6 is 11.3 Å². The molecule has 0 radical (unpaired) electrons. The average Bonchev–Trinajstić information content (AvgIpc) is 2.98. The zero-order valence-electron chi connectivity index (χ0n) is 13.5. The highest BCUT2D eigenvalue weighted by Crippen LogP contribution is 2.22. The molecule has 1 heterocycles. The number of thiazole rings is 1. The molecule has 0 amide bonds. The molecule has 0 saturated carbocycles. The van der Waals surface area contributed by atoms with Crippen molar-refractivity contribution in [2.75, 3.05) is 0 Å². The van der Waals surface area contributed by atoms with Crippen molar-refractivity contribution in [3.8, 4) is 0 Å². The minimum atomic E-state index is 0.447. The van der Waals surface area contributed by atoms with E-state index in [1.54, 1.807) is 11.3 Å². The van der Waals surface area contributed by atoms with E-state index in [1.165, 1.54) is 56.4 Å². The summed E-state index contributed by atoms with van der Waals surface area (Å²) in [5.41, 5.74) is 0. The number of hydrogen-bond acceptors (Lipinski definition) is 3. The molecule has 116 valence electrons. The third-order valence-electron chi connectivity index (χ3n) is 3.91. The summed E-state index contributed by atoms with van der Waals surface area (Å²) in [6.45, 7) is 6.82. The molecule has 1 aromatic rings. The Morgan fingerprint density at radius 2 is 1.70 bits per heavy atom. The lowest BCUT2D eigenvalue weighted by atomic mass is 10.0. The summed E-state index contributed by atoms with van der Waals surface area (Å²) in [6.07, 6.45) is 13.7. The van der Waals surface area contributed by atoms with Crippen molar-refractivity contribution in [3.63, 3.8) is 0 Å². The maximum absolute atomic E-state index is 4.49. The quantitative estimate of drug-likeness (QED) is 0.499. The Morgan fingerprint density at radius 1 is 1.05 bits per heavy atom. The lowest BCUT2D eigenvalue weighted by Crippen LogP contribution is -2.32. The molecule has 0 aromatic carbocycles. The highest BCUT2D eigenvalue weighted by atomic mass is 32.1. The highest BCUT2D eigenvalue weighted by molar-refractivity contribution is 7.09. The molecule has 2 nitrogen and oxygen atoms in total. The maximum atomic E-state index is 4.49. The number of nitrogens with zero attached hydrogens (tertiary/aromatic N) is 1. The summed E-state index contributed by atoms with van der Waals surface area (Å²) in [5, 5.41) is 7.21. The molecule has 1 rings (SSSR count). The van der Waals surface area contributed by atoms with Gasteiger partial charge in [-0.05, 0) is 19.3 Å². The van der Waals surface area contributed by atoms with Gasteiger partial charge in [0, 0.05) is 17.6 Å². The summed E-state index contributed by atoms with van der Waals surface area (Å²) < 4.78 is 0. The van der Waals surface area contributed by atoms with Gasteiger partial charge in [0.2, 0.25) is 0 Å². The molecular weight excluding hydrogens is 264 g/mol. The van der Waals surface area contributed by atoms with E-state index in [0.717, 1.165) is 6.42 Å².